The summed E-state index contributed by atoms with van der Waals surface area (Å²) in [5.74, 6) is -0.272. The van der Waals surface area contributed by atoms with Crippen molar-refractivity contribution in [2.45, 2.75) is 26.3 Å². The highest BCUT2D eigenvalue weighted by Crippen LogP contribution is 2.30. The van der Waals surface area contributed by atoms with Crippen LogP contribution in [0.5, 0.6) is 0 Å². The Bertz CT molecular complexity index is 545. The van der Waals surface area contributed by atoms with Crippen molar-refractivity contribution in [1.29, 1.82) is 0 Å². The molecule has 0 fully saturated rings. The van der Waals surface area contributed by atoms with Crippen LogP contribution >= 0.6 is 11.6 Å². The van der Waals surface area contributed by atoms with Gasteiger partial charge in [-0.2, -0.15) is 0 Å². The van der Waals surface area contributed by atoms with E-state index in [1.165, 1.54) is 11.6 Å². The molecule has 0 saturated carbocycles. The van der Waals surface area contributed by atoms with E-state index in [0.717, 1.165) is 18.5 Å². The number of hydrogen-bond donors (Lipinski definition) is 1. The second kappa shape index (κ2) is 6.87. The minimum Gasteiger partial charge on any atom is -0.306 e. The number of nitrogens with one attached hydrogen (secondary N) is 1. The summed E-state index contributed by atoms with van der Waals surface area (Å²) < 4.78 is 14.2. The number of aryl methyl sites for hydroxylation is 1. The summed E-state index contributed by atoms with van der Waals surface area (Å²) in [5, 5.41) is 3.84. The average Bonchev–Trinajstić information content (AvgIpc) is 2.43. The van der Waals surface area contributed by atoms with Gasteiger partial charge in [0.05, 0.1) is 6.04 Å². The second-order valence-corrected chi connectivity index (χ2v) is 5.34. The minimum absolute atomic E-state index is 0.218. The molecule has 2 rings (SSSR count). The van der Waals surface area contributed by atoms with Gasteiger partial charge in [0.2, 0.25) is 0 Å². The monoisotopic (exact) mass is 291 g/mol. The van der Waals surface area contributed by atoms with Crippen LogP contribution in [-0.4, -0.2) is 6.54 Å². The predicted molar refractivity (Wildman–Crippen MR) is 82.7 cm³/mol. The molecule has 2 aromatic rings. The molecule has 2 aromatic carbocycles. The molecule has 0 heterocycles. The lowest BCUT2D eigenvalue weighted by molar-refractivity contribution is 0.547. The first-order valence-corrected chi connectivity index (χ1v) is 7.25. The molecule has 0 aliphatic heterocycles. The third-order valence-electron chi connectivity index (χ3n) is 3.30. The first-order chi connectivity index (χ1) is 9.63. The molecule has 1 unspecified atom stereocenters. The van der Waals surface area contributed by atoms with Gasteiger partial charge in [0.15, 0.2) is 0 Å². The molecule has 1 nitrogen and oxygen atoms in total. The van der Waals surface area contributed by atoms with E-state index in [-0.39, 0.29) is 11.9 Å². The Hall–Kier alpha value is -1.38. The Morgan fingerprint density at radius 2 is 1.85 bits per heavy atom. The third-order valence-corrected chi connectivity index (χ3v) is 3.63. The molecular formula is C17H19ClFN. The summed E-state index contributed by atoms with van der Waals surface area (Å²) in [5.41, 5.74) is 2.73. The first-order valence-electron chi connectivity index (χ1n) is 6.87. The lowest BCUT2D eigenvalue weighted by Gasteiger charge is -2.21. The highest BCUT2D eigenvalue weighted by atomic mass is 35.5. The van der Waals surface area contributed by atoms with E-state index in [9.17, 15) is 4.39 Å². The lowest BCUT2D eigenvalue weighted by atomic mass is 9.97. The van der Waals surface area contributed by atoms with Gasteiger partial charge in [-0.1, -0.05) is 54.4 Å². The predicted octanol–water partition coefficient (Wildman–Crippen LogP) is 4.88. The van der Waals surface area contributed by atoms with E-state index < -0.39 is 0 Å². The summed E-state index contributed by atoms with van der Waals surface area (Å²) in [7, 11) is 0. The quantitative estimate of drug-likeness (QED) is 0.828. The summed E-state index contributed by atoms with van der Waals surface area (Å²) in [6.07, 6.45) is 0.981. The van der Waals surface area contributed by atoms with Crippen LogP contribution < -0.4 is 5.32 Å². The second-order valence-electron chi connectivity index (χ2n) is 4.93. The SMILES string of the molecule is CCCNC(c1ccc(C)cc1)c1c(F)cccc1Cl. The number of hydrogen-bond acceptors (Lipinski definition) is 1. The van der Waals surface area contributed by atoms with E-state index in [1.54, 1.807) is 12.1 Å². The van der Waals surface area contributed by atoms with Crippen LogP contribution in [0.15, 0.2) is 42.5 Å². The van der Waals surface area contributed by atoms with E-state index in [1.807, 2.05) is 31.2 Å². The molecule has 0 bridgehead atoms. The fraction of sp³-hybridized carbons (Fsp3) is 0.294. The van der Waals surface area contributed by atoms with Crippen LogP contribution in [0.1, 0.15) is 36.1 Å². The van der Waals surface area contributed by atoms with Gasteiger partial charge < -0.3 is 5.32 Å². The van der Waals surface area contributed by atoms with Gasteiger partial charge >= 0.3 is 0 Å². The number of halogens is 2. The lowest BCUT2D eigenvalue weighted by Crippen LogP contribution is -2.24. The molecule has 0 radical (unpaired) electrons. The molecule has 1 atom stereocenters. The van der Waals surface area contributed by atoms with Crippen molar-refractivity contribution < 1.29 is 4.39 Å². The molecule has 106 valence electrons. The van der Waals surface area contributed by atoms with Crippen molar-refractivity contribution in [3.63, 3.8) is 0 Å². The van der Waals surface area contributed by atoms with Crippen LogP contribution in [0.4, 0.5) is 4.39 Å². The summed E-state index contributed by atoms with van der Waals surface area (Å²) in [6, 6.07) is 12.7. The molecule has 0 amide bonds. The van der Waals surface area contributed by atoms with Gasteiger partial charge in [-0.25, -0.2) is 4.39 Å². The zero-order valence-corrected chi connectivity index (χ0v) is 12.5. The van der Waals surface area contributed by atoms with Crippen LogP contribution in [0.25, 0.3) is 0 Å². The van der Waals surface area contributed by atoms with Crippen molar-refractivity contribution >= 4 is 11.6 Å². The maximum absolute atomic E-state index is 14.2. The highest BCUT2D eigenvalue weighted by Gasteiger charge is 2.20. The maximum Gasteiger partial charge on any atom is 0.129 e. The first kappa shape index (κ1) is 15.0. The van der Waals surface area contributed by atoms with Crippen LogP contribution in [-0.2, 0) is 0 Å². The largest absolute Gasteiger partial charge is 0.306 e. The zero-order chi connectivity index (χ0) is 14.5. The van der Waals surface area contributed by atoms with Gasteiger partial charge in [0.25, 0.3) is 0 Å². The molecule has 0 aliphatic carbocycles. The average molecular weight is 292 g/mol. The fourth-order valence-corrected chi connectivity index (χ4v) is 2.49. The van der Waals surface area contributed by atoms with Crippen molar-refractivity contribution in [1.82, 2.24) is 5.32 Å². The van der Waals surface area contributed by atoms with Gasteiger partial charge in [0.1, 0.15) is 5.82 Å². The molecule has 0 aliphatic rings. The smallest absolute Gasteiger partial charge is 0.129 e. The Morgan fingerprint density at radius 3 is 2.45 bits per heavy atom. The minimum atomic E-state index is -0.272. The topological polar surface area (TPSA) is 12.0 Å². The van der Waals surface area contributed by atoms with E-state index in [4.69, 9.17) is 11.6 Å². The zero-order valence-electron chi connectivity index (χ0n) is 11.8. The third kappa shape index (κ3) is 3.38. The molecule has 3 heteroatoms. The maximum atomic E-state index is 14.2. The van der Waals surface area contributed by atoms with Gasteiger partial charge in [-0.15, -0.1) is 0 Å². The van der Waals surface area contributed by atoms with Crippen molar-refractivity contribution in [3.05, 3.63) is 70.0 Å². The van der Waals surface area contributed by atoms with Crippen LogP contribution in [0, 0.1) is 12.7 Å². The number of rotatable bonds is 5. The normalized spacial score (nSPS) is 12.4. The molecular weight excluding hydrogens is 273 g/mol. The van der Waals surface area contributed by atoms with E-state index in [2.05, 4.69) is 12.2 Å². The van der Waals surface area contributed by atoms with Gasteiger partial charge in [0, 0.05) is 10.6 Å². The number of benzene rings is 2. The molecule has 0 saturated heterocycles. The summed E-state index contributed by atoms with van der Waals surface area (Å²) >= 11 is 6.20. The Kier molecular flexibility index (Phi) is 5.16. The fourth-order valence-electron chi connectivity index (χ4n) is 2.22. The van der Waals surface area contributed by atoms with Crippen molar-refractivity contribution in [2.24, 2.45) is 0 Å². The molecule has 0 aromatic heterocycles. The molecule has 0 spiro atoms. The van der Waals surface area contributed by atoms with Crippen LogP contribution in [0.2, 0.25) is 5.02 Å². The highest BCUT2D eigenvalue weighted by molar-refractivity contribution is 6.31. The van der Waals surface area contributed by atoms with E-state index in [0.29, 0.717) is 10.6 Å². The standard InChI is InChI=1S/C17H19ClFN/c1-3-11-20-17(13-9-7-12(2)8-10-13)16-14(18)5-4-6-15(16)19/h4-10,17,20H,3,11H2,1-2H3. The van der Waals surface area contributed by atoms with Crippen molar-refractivity contribution in [2.75, 3.05) is 6.54 Å². The molecule has 20 heavy (non-hydrogen) atoms. The van der Waals surface area contributed by atoms with Gasteiger partial charge in [-0.3, -0.25) is 0 Å². The molecule has 1 N–H and O–H groups in total. The Morgan fingerprint density at radius 1 is 1.15 bits per heavy atom. The van der Waals surface area contributed by atoms with Gasteiger partial charge in [-0.05, 0) is 37.6 Å². The van der Waals surface area contributed by atoms with Crippen molar-refractivity contribution in [3.8, 4) is 0 Å². The van der Waals surface area contributed by atoms with Crippen LogP contribution in [0.3, 0.4) is 0 Å². The Labute approximate surface area is 124 Å². The Balaban J connectivity index is 2.44. The summed E-state index contributed by atoms with van der Waals surface area (Å²) in [4.78, 5) is 0. The summed E-state index contributed by atoms with van der Waals surface area (Å²) in [6.45, 7) is 4.93. The van der Waals surface area contributed by atoms with E-state index >= 15 is 0 Å².